The Kier molecular flexibility index (Phi) is 2.91. The largest absolute Gasteiger partial charge is 0.277 e. The van der Waals surface area contributed by atoms with E-state index >= 15 is 0 Å². The van der Waals surface area contributed by atoms with Crippen LogP contribution < -0.4 is 5.14 Å². The first-order chi connectivity index (χ1) is 6.00. The molecule has 1 aromatic rings. The van der Waals surface area contributed by atoms with E-state index in [2.05, 4.69) is 9.97 Å². The van der Waals surface area contributed by atoms with E-state index < -0.39 is 10.2 Å². The molecule has 72 valence electrons. The number of nitrogens with zero attached hydrogens (tertiary/aromatic N) is 3. The molecule has 0 amide bonds. The molecular formula is C6H10N4O2S. The summed E-state index contributed by atoms with van der Waals surface area (Å²) < 4.78 is 22.6. The zero-order valence-corrected chi connectivity index (χ0v) is 7.90. The summed E-state index contributed by atoms with van der Waals surface area (Å²) >= 11 is 0. The lowest BCUT2D eigenvalue weighted by Crippen LogP contribution is -2.32. The third-order valence-corrected chi connectivity index (χ3v) is 2.43. The van der Waals surface area contributed by atoms with Crippen molar-refractivity contribution in [2.45, 2.75) is 6.54 Å². The van der Waals surface area contributed by atoms with Crippen LogP contribution in [0, 0.1) is 0 Å². The van der Waals surface area contributed by atoms with E-state index in [1.165, 1.54) is 25.6 Å². The van der Waals surface area contributed by atoms with Crippen LogP contribution in [0.3, 0.4) is 0 Å². The average Bonchev–Trinajstić information content (AvgIpc) is 2.04. The molecule has 2 N–H and O–H groups in total. The van der Waals surface area contributed by atoms with Crippen LogP contribution in [-0.2, 0) is 16.8 Å². The fourth-order valence-corrected chi connectivity index (χ4v) is 1.04. The molecule has 1 heterocycles. The molecule has 7 heteroatoms. The van der Waals surface area contributed by atoms with Crippen LogP contribution in [0.1, 0.15) is 5.69 Å². The first-order valence-corrected chi connectivity index (χ1v) is 4.99. The fraction of sp³-hybridized carbons (Fsp3) is 0.333. The van der Waals surface area contributed by atoms with Gasteiger partial charge in [0.05, 0.1) is 12.2 Å². The molecule has 0 bridgehead atoms. The van der Waals surface area contributed by atoms with Crippen molar-refractivity contribution in [3.63, 3.8) is 0 Å². The predicted octanol–water partition coefficient (Wildman–Crippen LogP) is -0.888. The second kappa shape index (κ2) is 3.77. The van der Waals surface area contributed by atoms with Crippen LogP contribution in [0.4, 0.5) is 0 Å². The molecule has 1 rings (SSSR count). The van der Waals surface area contributed by atoms with Crippen molar-refractivity contribution in [2.24, 2.45) is 5.14 Å². The van der Waals surface area contributed by atoms with Gasteiger partial charge in [-0.2, -0.15) is 12.7 Å². The van der Waals surface area contributed by atoms with Crippen molar-refractivity contribution in [3.05, 3.63) is 24.3 Å². The number of rotatable bonds is 3. The van der Waals surface area contributed by atoms with E-state index in [-0.39, 0.29) is 6.54 Å². The minimum Gasteiger partial charge on any atom is -0.261 e. The van der Waals surface area contributed by atoms with Gasteiger partial charge in [-0.25, -0.2) is 5.14 Å². The lowest BCUT2D eigenvalue weighted by Gasteiger charge is -2.11. The van der Waals surface area contributed by atoms with Gasteiger partial charge < -0.3 is 0 Å². The van der Waals surface area contributed by atoms with Crippen LogP contribution in [0.2, 0.25) is 0 Å². The van der Waals surface area contributed by atoms with E-state index in [4.69, 9.17) is 5.14 Å². The molecule has 0 spiro atoms. The van der Waals surface area contributed by atoms with Gasteiger partial charge in [0.15, 0.2) is 0 Å². The number of hydrogen-bond acceptors (Lipinski definition) is 4. The van der Waals surface area contributed by atoms with E-state index in [9.17, 15) is 8.42 Å². The van der Waals surface area contributed by atoms with Crippen LogP contribution in [0.5, 0.6) is 0 Å². The highest BCUT2D eigenvalue weighted by Gasteiger charge is 2.11. The summed E-state index contributed by atoms with van der Waals surface area (Å²) in [5.41, 5.74) is 0.555. The maximum atomic E-state index is 10.8. The molecule has 0 saturated heterocycles. The molecule has 0 aliphatic carbocycles. The fourth-order valence-electron chi connectivity index (χ4n) is 0.730. The monoisotopic (exact) mass is 202 g/mol. The first kappa shape index (κ1) is 10.0. The average molecular weight is 202 g/mol. The Balaban J connectivity index is 2.72. The SMILES string of the molecule is CN(Cc1cnccn1)S(N)(=O)=O. The molecule has 0 saturated carbocycles. The number of aromatic nitrogens is 2. The summed E-state index contributed by atoms with van der Waals surface area (Å²) in [7, 11) is -2.26. The Labute approximate surface area is 76.6 Å². The molecule has 0 fully saturated rings. The van der Waals surface area contributed by atoms with Crippen molar-refractivity contribution in [1.82, 2.24) is 14.3 Å². The van der Waals surface area contributed by atoms with E-state index in [0.717, 1.165) is 4.31 Å². The smallest absolute Gasteiger partial charge is 0.261 e. The molecule has 6 nitrogen and oxygen atoms in total. The van der Waals surface area contributed by atoms with Gasteiger partial charge in [-0.15, -0.1) is 0 Å². The Bertz CT molecular complexity index is 363. The maximum absolute atomic E-state index is 10.8. The van der Waals surface area contributed by atoms with Gasteiger partial charge in [0.2, 0.25) is 0 Å². The van der Waals surface area contributed by atoms with Crippen molar-refractivity contribution in [1.29, 1.82) is 0 Å². The standard InChI is InChI=1S/C6H10N4O2S/c1-10(13(7,11)12)5-6-4-8-2-3-9-6/h2-4H,5H2,1H3,(H2,7,11,12). The zero-order chi connectivity index (χ0) is 9.90. The quantitative estimate of drug-likeness (QED) is 0.688. The van der Waals surface area contributed by atoms with E-state index in [1.807, 2.05) is 0 Å². The second-order valence-corrected chi connectivity index (χ2v) is 4.15. The minimum absolute atomic E-state index is 0.132. The predicted molar refractivity (Wildman–Crippen MR) is 46.6 cm³/mol. The van der Waals surface area contributed by atoms with Gasteiger partial charge in [-0.1, -0.05) is 0 Å². The molecule has 13 heavy (non-hydrogen) atoms. The van der Waals surface area contributed by atoms with Gasteiger partial charge in [0.1, 0.15) is 0 Å². The van der Waals surface area contributed by atoms with Gasteiger partial charge in [-0.05, 0) is 0 Å². The number of hydrogen-bond donors (Lipinski definition) is 1. The summed E-state index contributed by atoms with van der Waals surface area (Å²) in [4.78, 5) is 7.70. The highest BCUT2D eigenvalue weighted by molar-refractivity contribution is 7.86. The van der Waals surface area contributed by atoms with Crippen molar-refractivity contribution >= 4 is 10.2 Å². The molecular weight excluding hydrogens is 192 g/mol. The van der Waals surface area contributed by atoms with Gasteiger partial charge in [-0.3, -0.25) is 9.97 Å². The van der Waals surface area contributed by atoms with E-state index in [1.54, 1.807) is 0 Å². The van der Waals surface area contributed by atoms with E-state index in [0.29, 0.717) is 5.69 Å². The Hall–Kier alpha value is -1.05. The Morgan fingerprint density at radius 3 is 2.69 bits per heavy atom. The third-order valence-electron chi connectivity index (χ3n) is 1.44. The molecule has 0 radical (unpaired) electrons. The van der Waals surface area contributed by atoms with Crippen LogP contribution in [0.15, 0.2) is 18.6 Å². The maximum Gasteiger partial charge on any atom is 0.277 e. The lowest BCUT2D eigenvalue weighted by molar-refractivity contribution is 0.462. The molecule has 1 aromatic heterocycles. The molecule has 0 aliphatic rings. The highest BCUT2D eigenvalue weighted by Crippen LogP contribution is 1.98. The normalized spacial score (nSPS) is 11.9. The zero-order valence-electron chi connectivity index (χ0n) is 7.08. The summed E-state index contributed by atoms with van der Waals surface area (Å²) in [6, 6.07) is 0. The Morgan fingerprint density at radius 1 is 1.54 bits per heavy atom. The minimum atomic E-state index is -3.64. The Morgan fingerprint density at radius 2 is 2.23 bits per heavy atom. The molecule has 0 unspecified atom stereocenters. The van der Waals surface area contributed by atoms with Crippen molar-refractivity contribution in [3.8, 4) is 0 Å². The highest BCUT2D eigenvalue weighted by atomic mass is 32.2. The van der Waals surface area contributed by atoms with Crippen LogP contribution in [0.25, 0.3) is 0 Å². The summed E-state index contributed by atoms with van der Waals surface area (Å²) in [5, 5.41) is 4.88. The van der Waals surface area contributed by atoms with Gasteiger partial charge in [0.25, 0.3) is 10.2 Å². The summed E-state index contributed by atoms with van der Waals surface area (Å²) in [6.45, 7) is 0.132. The van der Waals surface area contributed by atoms with Gasteiger partial charge in [0, 0.05) is 25.6 Å². The second-order valence-electron chi connectivity index (χ2n) is 2.50. The van der Waals surface area contributed by atoms with Crippen LogP contribution >= 0.6 is 0 Å². The molecule has 0 aliphatic heterocycles. The number of nitrogens with two attached hydrogens (primary N) is 1. The van der Waals surface area contributed by atoms with Crippen molar-refractivity contribution in [2.75, 3.05) is 7.05 Å². The lowest BCUT2D eigenvalue weighted by atomic mass is 10.4. The first-order valence-electron chi connectivity index (χ1n) is 3.49. The van der Waals surface area contributed by atoms with Gasteiger partial charge >= 0.3 is 0 Å². The van der Waals surface area contributed by atoms with Crippen molar-refractivity contribution < 1.29 is 8.42 Å². The summed E-state index contributed by atoms with van der Waals surface area (Å²) in [6.07, 6.45) is 4.49. The van der Waals surface area contributed by atoms with Crippen LogP contribution in [-0.4, -0.2) is 29.7 Å². The third kappa shape index (κ3) is 3.05. The molecule has 0 aromatic carbocycles. The summed E-state index contributed by atoms with van der Waals surface area (Å²) in [5.74, 6) is 0. The topological polar surface area (TPSA) is 89.2 Å². The molecule has 0 atom stereocenters.